The first-order chi connectivity index (χ1) is 13.8. The maximum absolute atomic E-state index is 12.8. The van der Waals surface area contributed by atoms with Crippen molar-refractivity contribution in [3.05, 3.63) is 29.8 Å². The van der Waals surface area contributed by atoms with E-state index in [-0.39, 0.29) is 19.0 Å². The molecular formula is C19H27N5O4S. The molecule has 0 aromatic heterocycles. The summed E-state index contributed by atoms with van der Waals surface area (Å²) in [6.07, 6.45) is -0.718. The van der Waals surface area contributed by atoms with Crippen LogP contribution in [0.15, 0.2) is 24.3 Å². The Morgan fingerprint density at radius 3 is 2.24 bits per heavy atom. The molecule has 1 atom stereocenters. The Morgan fingerprint density at radius 2 is 1.66 bits per heavy atom. The van der Waals surface area contributed by atoms with Crippen LogP contribution in [0, 0.1) is 11.3 Å². The van der Waals surface area contributed by atoms with Crippen LogP contribution in [0.2, 0.25) is 0 Å². The van der Waals surface area contributed by atoms with Gasteiger partial charge < -0.3 is 14.5 Å². The third-order valence-corrected chi connectivity index (χ3v) is 7.32. The van der Waals surface area contributed by atoms with E-state index < -0.39 is 16.3 Å². The van der Waals surface area contributed by atoms with Gasteiger partial charge in [-0.2, -0.15) is 22.3 Å². The van der Waals surface area contributed by atoms with Gasteiger partial charge in [-0.25, -0.2) is 0 Å². The van der Waals surface area contributed by atoms with Gasteiger partial charge in [0.1, 0.15) is 5.75 Å². The zero-order valence-corrected chi connectivity index (χ0v) is 17.6. The summed E-state index contributed by atoms with van der Waals surface area (Å²) >= 11 is 0. The van der Waals surface area contributed by atoms with Crippen molar-refractivity contribution >= 4 is 16.1 Å². The molecule has 0 spiro atoms. The molecule has 0 N–H and O–H groups in total. The number of piperazine rings is 2. The molecular weight excluding hydrogens is 394 g/mol. The minimum Gasteiger partial charge on any atom is -0.481 e. The highest BCUT2D eigenvalue weighted by Crippen LogP contribution is 2.18. The van der Waals surface area contributed by atoms with Gasteiger partial charge in [0.25, 0.3) is 16.1 Å². The summed E-state index contributed by atoms with van der Waals surface area (Å²) in [5.74, 6) is 0.269. The molecule has 0 saturated carbocycles. The second kappa shape index (κ2) is 9.09. The first-order valence-electron chi connectivity index (χ1n) is 9.70. The van der Waals surface area contributed by atoms with Crippen molar-refractivity contribution in [2.24, 2.45) is 0 Å². The lowest BCUT2D eigenvalue weighted by atomic mass is 10.2. The first kappa shape index (κ1) is 21.5. The summed E-state index contributed by atoms with van der Waals surface area (Å²) < 4.78 is 34.3. The van der Waals surface area contributed by atoms with E-state index in [1.54, 1.807) is 36.1 Å². The van der Waals surface area contributed by atoms with E-state index in [2.05, 4.69) is 4.90 Å². The Morgan fingerprint density at radius 1 is 1.07 bits per heavy atom. The Balaban J connectivity index is 1.54. The van der Waals surface area contributed by atoms with Gasteiger partial charge in [-0.1, -0.05) is 6.07 Å². The van der Waals surface area contributed by atoms with Crippen molar-refractivity contribution in [3.63, 3.8) is 0 Å². The Hall–Kier alpha value is -2.19. The van der Waals surface area contributed by atoms with Crippen LogP contribution < -0.4 is 4.74 Å². The number of amides is 1. The third kappa shape index (κ3) is 5.05. The van der Waals surface area contributed by atoms with Gasteiger partial charge in [-0.15, -0.1) is 0 Å². The summed E-state index contributed by atoms with van der Waals surface area (Å²) in [6, 6.07) is 8.69. The predicted octanol–water partition coefficient (Wildman–Crippen LogP) is -0.0380. The number of ether oxygens (including phenoxy) is 1. The van der Waals surface area contributed by atoms with Gasteiger partial charge in [0.2, 0.25) is 0 Å². The summed E-state index contributed by atoms with van der Waals surface area (Å²) in [5.41, 5.74) is 0.463. The number of hydrogen-bond donors (Lipinski definition) is 0. The molecule has 29 heavy (non-hydrogen) atoms. The summed E-state index contributed by atoms with van der Waals surface area (Å²) in [6.45, 7) is 5.30. The van der Waals surface area contributed by atoms with Crippen LogP contribution in [0.25, 0.3) is 0 Å². The Labute approximate surface area is 172 Å². The van der Waals surface area contributed by atoms with Gasteiger partial charge in [0, 0.05) is 52.4 Å². The first-order valence-corrected chi connectivity index (χ1v) is 11.1. The highest BCUT2D eigenvalue weighted by molar-refractivity contribution is 7.86. The van der Waals surface area contributed by atoms with Gasteiger partial charge in [-0.05, 0) is 32.2 Å². The van der Waals surface area contributed by atoms with E-state index >= 15 is 0 Å². The van der Waals surface area contributed by atoms with E-state index in [0.717, 1.165) is 13.1 Å². The van der Waals surface area contributed by atoms with Crippen LogP contribution in [-0.4, -0.2) is 98.2 Å². The normalized spacial score (nSPS) is 20.8. The minimum absolute atomic E-state index is 0.191. The van der Waals surface area contributed by atoms with Crippen molar-refractivity contribution in [1.29, 1.82) is 5.26 Å². The predicted molar refractivity (Wildman–Crippen MR) is 107 cm³/mol. The fourth-order valence-electron chi connectivity index (χ4n) is 3.47. The van der Waals surface area contributed by atoms with Crippen molar-refractivity contribution in [2.45, 2.75) is 13.0 Å². The van der Waals surface area contributed by atoms with Crippen molar-refractivity contribution in [2.75, 3.05) is 59.4 Å². The van der Waals surface area contributed by atoms with Crippen molar-refractivity contribution in [1.82, 2.24) is 18.4 Å². The fraction of sp³-hybridized carbons (Fsp3) is 0.579. The average Bonchev–Trinajstić information content (AvgIpc) is 2.73. The lowest BCUT2D eigenvalue weighted by Crippen LogP contribution is -2.58. The number of nitriles is 1. The monoisotopic (exact) mass is 421 g/mol. The fourth-order valence-corrected chi connectivity index (χ4v) is 5.05. The number of benzene rings is 1. The number of carbonyl (C=O) groups is 1. The van der Waals surface area contributed by atoms with Crippen LogP contribution in [0.1, 0.15) is 12.5 Å². The maximum Gasteiger partial charge on any atom is 0.282 e. The van der Waals surface area contributed by atoms with Crippen LogP contribution in [0.5, 0.6) is 5.75 Å². The number of nitrogens with zero attached hydrogens (tertiary/aromatic N) is 5. The van der Waals surface area contributed by atoms with Gasteiger partial charge >= 0.3 is 0 Å². The van der Waals surface area contributed by atoms with E-state index in [9.17, 15) is 13.2 Å². The Kier molecular flexibility index (Phi) is 6.74. The lowest BCUT2D eigenvalue weighted by Gasteiger charge is -2.39. The quantitative estimate of drug-likeness (QED) is 0.662. The summed E-state index contributed by atoms with van der Waals surface area (Å²) in [4.78, 5) is 16.4. The summed E-state index contributed by atoms with van der Waals surface area (Å²) in [7, 11) is -1.51. The topological polar surface area (TPSA) is 97.2 Å². The Bertz CT molecular complexity index is 869. The second-order valence-corrected chi connectivity index (χ2v) is 9.26. The lowest BCUT2D eigenvalue weighted by molar-refractivity contribution is -0.139. The molecule has 2 aliphatic heterocycles. The second-order valence-electron chi connectivity index (χ2n) is 7.33. The van der Waals surface area contributed by atoms with E-state index in [0.29, 0.717) is 37.5 Å². The molecule has 1 amide bonds. The smallest absolute Gasteiger partial charge is 0.282 e. The van der Waals surface area contributed by atoms with Crippen molar-refractivity contribution in [3.8, 4) is 11.8 Å². The SMILES string of the molecule is CC(Oc1cccc(C#N)c1)C(=O)N1CCN(S(=O)(=O)N2CCN(C)CC2)CC1. The zero-order chi connectivity index (χ0) is 21.0. The van der Waals surface area contributed by atoms with E-state index in [1.807, 2.05) is 13.1 Å². The highest BCUT2D eigenvalue weighted by Gasteiger charge is 2.35. The minimum atomic E-state index is -3.49. The molecule has 2 aliphatic rings. The third-order valence-electron chi connectivity index (χ3n) is 5.29. The number of hydrogen-bond acceptors (Lipinski definition) is 6. The van der Waals surface area contributed by atoms with Gasteiger partial charge in [0.05, 0.1) is 11.6 Å². The standard InChI is InChI=1S/C19H27N5O4S/c1-16(28-18-5-3-4-17(14-18)15-20)19(25)22-8-12-24(13-9-22)29(26,27)23-10-6-21(2)7-11-23/h3-5,14,16H,6-13H2,1-2H3. The number of rotatable bonds is 5. The molecule has 1 unspecified atom stereocenters. The molecule has 0 radical (unpaired) electrons. The number of likely N-dealkylation sites (N-methyl/N-ethyl adjacent to an activating group) is 1. The molecule has 3 rings (SSSR count). The van der Waals surface area contributed by atoms with E-state index in [4.69, 9.17) is 10.00 Å². The molecule has 2 fully saturated rings. The maximum atomic E-state index is 12.8. The van der Waals surface area contributed by atoms with Gasteiger partial charge in [-0.3, -0.25) is 4.79 Å². The van der Waals surface area contributed by atoms with Crippen LogP contribution in [0.3, 0.4) is 0 Å². The van der Waals surface area contributed by atoms with E-state index in [1.165, 1.54) is 8.61 Å². The van der Waals surface area contributed by atoms with Crippen LogP contribution >= 0.6 is 0 Å². The summed E-state index contributed by atoms with van der Waals surface area (Å²) in [5, 5.41) is 8.97. The largest absolute Gasteiger partial charge is 0.481 e. The highest BCUT2D eigenvalue weighted by atomic mass is 32.2. The molecule has 158 valence electrons. The molecule has 0 aliphatic carbocycles. The average molecular weight is 422 g/mol. The van der Waals surface area contributed by atoms with Crippen molar-refractivity contribution < 1.29 is 17.9 Å². The molecule has 10 heteroatoms. The zero-order valence-electron chi connectivity index (χ0n) is 16.8. The number of carbonyl (C=O) groups excluding carboxylic acids is 1. The molecule has 9 nitrogen and oxygen atoms in total. The molecule has 2 saturated heterocycles. The molecule has 1 aromatic carbocycles. The van der Waals surface area contributed by atoms with Gasteiger partial charge in [0.15, 0.2) is 6.10 Å². The molecule has 0 bridgehead atoms. The molecule has 1 aromatic rings. The molecule has 2 heterocycles. The van der Waals surface area contributed by atoms with Crippen LogP contribution in [0.4, 0.5) is 0 Å². The van der Waals surface area contributed by atoms with Crippen LogP contribution in [-0.2, 0) is 15.0 Å².